The Morgan fingerprint density at radius 3 is 2.81 bits per heavy atom. The molecule has 0 saturated carbocycles. The molecule has 0 fully saturated rings. The fraction of sp³-hybridized carbons (Fsp3) is 0.0667. The molecule has 0 unspecified atom stereocenters. The Kier molecular flexibility index (Phi) is 3.38. The van der Waals surface area contributed by atoms with Crippen molar-refractivity contribution in [2.45, 2.75) is 6.92 Å². The lowest BCUT2D eigenvalue weighted by molar-refractivity contribution is 0.431. The quantitative estimate of drug-likeness (QED) is 0.661. The zero-order valence-electron chi connectivity index (χ0n) is 11.0. The van der Waals surface area contributed by atoms with E-state index in [2.05, 4.69) is 20.0 Å². The van der Waals surface area contributed by atoms with Crippen molar-refractivity contribution in [3.63, 3.8) is 0 Å². The number of benzene rings is 1. The molecule has 5 nitrogen and oxygen atoms in total. The first kappa shape index (κ1) is 13.3. The third kappa shape index (κ3) is 2.76. The van der Waals surface area contributed by atoms with Crippen molar-refractivity contribution in [2.75, 3.05) is 0 Å². The van der Waals surface area contributed by atoms with Crippen LogP contribution in [0, 0.1) is 13.5 Å². The second-order valence-corrected chi connectivity index (χ2v) is 4.89. The normalized spacial score (nSPS) is 10.3. The molecule has 3 aromatic rings. The number of hydrogen-bond donors (Lipinski definition) is 0. The molecule has 2 heterocycles. The Hall–Kier alpha value is -2.71. The van der Waals surface area contributed by atoms with Gasteiger partial charge in [-0.25, -0.2) is 9.83 Å². The van der Waals surface area contributed by atoms with E-state index in [4.69, 9.17) is 22.7 Å². The van der Waals surface area contributed by atoms with Crippen LogP contribution in [0.3, 0.4) is 0 Å². The molecule has 0 atom stereocenters. The van der Waals surface area contributed by atoms with E-state index < -0.39 is 0 Å². The Morgan fingerprint density at radius 2 is 2.10 bits per heavy atom. The van der Waals surface area contributed by atoms with Gasteiger partial charge >= 0.3 is 0 Å². The molecule has 2 aromatic heterocycles. The Labute approximate surface area is 126 Å². The lowest BCUT2D eigenvalue weighted by Gasteiger charge is -1.98. The summed E-state index contributed by atoms with van der Waals surface area (Å²) in [7, 11) is 0. The van der Waals surface area contributed by atoms with Gasteiger partial charge in [-0.05, 0) is 25.1 Å². The average molecular weight is 297 g/mol. The Balaban J connectivity index is 2.00. The van der Waals surface area contributed by atoms with Crippen molar-refractivity contribution in [3.8, 4) is 23.0 Å². The number of rotatable bonds is 2. The maximum absolute atomic E-state index is 7.10. The van der Waals surface area contributed by atoms with E-state index in [1.165, 1.54) is 6.20 Å². The van der Waals surface area contributed by atoms with Crippen molar-refractivity contribution in [3.05, 3.63) is 58.5 Å². The van der Waals surface area contributed by atoms with Gasteiger partial charge in [0.05, 0.1) is 11.6 Å². The molecule has 0 radical (unpaired) electrons. The van der Waals surface area contributed by atoms with Crippen molar-refractivity contribution in [1.82, 2.24) is 15.1 Å². The minimum atomic E-state index is 0.313. The molecular weight excluding hydrogens is 288 g/mol. The fourth-order valence-electron chi connectivity index (χ4n) is 1.90. The highest BCUT2D eigenvalue weighted by Gasteiger charge is 2.12. The first-order chi connectivity index (χ1) is 10.2. The molecule has 0 saturated heterocycles. The van der Waals surface area contributed by atoms with Crippen LogP contribution in [0.1, 0.15) is 5.56 Å². The van der Waals surface area contributed by atoms with Gasteiger partial charge < -0.3 is 4.52 Å². The van der Waals surface area contributed by atoms with Crippen LogP contribution >= 0.6 is 11.6 Å². The van der Waals surface area contributed by atoms with Crippen LogP contribution in [0.4, 0.5) is 5.69 Å². The van der Waals surface area contributed by atoms with Crippen molar-refractivity contribution < 1.29 is 4.52 Å². The lowest BCUT2D eigenvalue weighted by Crippen LogP contribution is -1.84. The third-order valence-corrected chi connectivity index (χ3v) is 3.05. The molecule has 3 rings (SSSR count). The third-order valence-electron chi connectivity index (χ3n) is 2.82. The van der Waals surface area contributed by atoms with E-state index in [9.17, 15) is 0 Å². The van der Waals surface area contributed by atoms with Crippen LogP contribution in [0.25, 0.3) is 27.8 Å². The maximum atomic E-state index is 7.10. The first-order valence-corrected chi connectivity index (χ1v) is 6.48. The van der Waals surface area contributed by atoms with Crippen LogP contribution < -0.4 is 0 Å². The second-order valence-electron chi connectivity index (χ2n) is 4.45. The SMILES string of the molecule is [C-]#[N+]c1cc(C)cc(-c2noc(-c3ccc(Cl)cn3)n2)c1. The number of aromatic nitrogens is 3. The number of aryl methyl sites for hydroxylation is 1. The number of nitrogens with zero attached hydrogens (tertiary/aromatic N) is 4. The molecular formula is C15H9ClN4O. The van der Waals surface area contributed by atoms with Gasteiger partial charge in [0.1, 0.15) is 5.69 Å². The highest BCUT2D eigenvalue weighted by Crippen LogP contribution is 2.26. The van der Waals surface area contributed by atoms with E-state index in [0.717, 1.165) is 11.1 Å². The van der Waals surface area contributed by atoms with Gasteiger partial charge in [0.15, 0.2) is 5.69 Å². The van der Waals surface area contributed by atoms with E-state index in [0.29, 0.717) is 28.1 Å². The Bertz CT molecular complexity index is 834. The summed E-state index contributed by atoms with van der Waals surface area (Å²) >= 11 is 5.79. The van der Waals surface area contributed by atoms with E-state index in [1.54, 1.807) is 24.3 Å². The van der Waals surface area contributed by atoms with Gasteiger partial charge in [0, 0.05) is 11.8 Å². The van der Waals surface area contributed by atoms with E-state index >= 15 is 0 Å². The molecule has 0 bridgehead atoms. The minimum absolute atomic E-state index is 0.313. The van der Waals surface area contributed by atoms with Crippen LogP contribution in [-0.4, -0.2) is 15.1 Å². The van der Waals surface area contributed by atoms with Gasteiger partial charge in [-0.2, -0.15) is 4.98 Å². The summed E-state index contributed by atoms with van der Waals surface area (Å²) in [5, 5.41) is 4.48. The molecule has 21 heavy (non-hydrogen) atoms. The highest BCUT2D eigenvalue weighted by molar-refractivity contribution is 6.30. The summed E-state index contributed by atoms with van der Waals surface area (Å²) < 4.78 is 5.21. The van der Waals surface area contributed by atoms with Gasteiger partial charge in [-0.3, -0.25) is 0 Å². The second kappa shape index (κ2) is 5.35. The van der Waals surface area contributed by atoms with Crippen molar-refractivity contribution >= 4 is 17.3 Å². The summed E-state index contributed by atoms with van der Waals surface area (Å²) in [6.07, 6.45) is 1.52. The van der Waals surface area contributed by atoms with E-state index in [-0.39, 0.29) is 0 Å². The number of halogens is 1. The lowest BCUT2D eigenvalue weighted by atomic mass is 10.1. The highest BCUT2D eigenvalue weighted by atomic mass is 35.5. The molecule has 0 aliphatic heterocycles. The van der Waals surface area contributed by atoms with Gasteiger partial charge in [-0.15, -0.1) is 0 Å². The van der Waals surface area contributed by atoms with Crippen LogP contribution in [0.2, 0.25) is 5.02 Å². The molecule has 0 spiro atoms. The molecule has 1 aromatic carbocycles. The largest absolute Gasteiger partial charge is 0.332 e. The summed E-state index contributed by atoms with van der Waals surface area (Å²) in [6.45, 7) is 9.01. The van der Waals surface area contributed by atoms with Crippen molar-refractivity contribution in [1.29, 1.82) is 0 Å². The summed E-state index contributed by atoms with van der Waals surface area (Å²) in [6, 6.07) is 8.85. The summed E-state index contributed by atoms with van der Waals surface area (Å²) in [4.78, 5) is 11.9. The molecule has 0 aliphatic rings. The standard InChI is InChI=1S/C15H9ClN4O/c1-9-5-10(7-12(6-9)17-2)14-19-15(21-20-14)13-4-3-11(16)8-18-13/h3-8H,1H3. The molecule has 0 aliphatic carbocycles. The average Bonchev–Trinajstić information content (AvgIpc) is 2.97. The zero-order chi connectivity index (χ0) is 14.8. The number of hydrogen-bond acceptors (Lipinski definition) is 4. The predicted octanol–water partition coefficient (Wildman–Crippen LogP) is 4.31. The molecule has 102 valence electrons. The topological polar surface area (TPSA) is 56.2 Å². The van der Waals surface area contributed by atoms with Gasteiger partial charge in [0.2, 0.25) is 5.82 Å². The van der Waals surface area contributed by atoms with Crippen molar-refractivity contribution in [2.24, 2.45) is 0 Å². The first-order valence-electron chi connectivity index (χ1n) is 6.11. The monoisotopic (exact) mass is 296 g/mol. The van der Waals surface area contributed by atoms with Crippen LogP contribution in [0.5, 0.6) is 0 Å². The summed E-state index contributed by atoms with van der Waals surface area (Å²) in [5.41, 5.74) is 2.80. The molecule has 0 N–H and O–H groups in total. The Morgan fingerprint density at radius 1 is 1.24 bits per heavy atom. The van der Waals surface area contributed by atoms with Gasteiger partial charge in [-0.1, -0.05) is 34.5 Å². The minimum Gasteiger partial charge on any atom is -0.332 e. The van der Waals surface area contributed by atoms with Gasteiger partial charge in [0.25, 0.3) is 5.89 Å². The smallest absolute Gasteiger partial charge is 0.276 e. The van der Waals surface area contributed by atoms with Crippen LogP contribution in [0.15, 0.2) is 41.1 Å². The molecule has 0 amide bonds. The number of pyridine rings is 1. The fourth-order valence-corrected chi connectivity index (χ4v) is 2.02. The predicted molar refractivity (Wildman–Crippen MR) is 79.0 cm³/mol. The summed E-state index contributed by atoms with van der Waals surface area (Å²) in [5.74, 6) is 0.739. The zero-order valence-corrected chi connectivity index (χ0v) is 11.8. The maximum Gasteiger partial charge on any atom is 0.276 e. The van der Waals surface area contributed by atoms with Crippen LogP contribution in [-0.2, 0) is 0 Å². The molecule has 6 heteroatoms. The van der Waals surface area contributed by atoms with E-state index in [1.807, 2.05) is 13.0 Å².